The van der Waals surface area contributed by atoms with E-state index in [1.54, 1.807) is 29.7 Å². The van der Waals surface area contributed by atoms with Crippen LogP contribution in [0.1, 0.15) is 5.56 Å². The van der Waals surface area contributed by atoms with Gasteiger partial charge in [-0.1, -0.05) is 12.1 Å². The van der Waals surface area contributed by atoms with Crippen molar-refractivity contribution < 1.29 is 14.7 Å². The standard InChI is InChI=1S/C9H11N3O3/c10-12-9(15)8(14)11-7-3-1-6(5-13)2-4-7/h1-4,13H,5,10H2,(H,11,14)(H,12,15). The van der Waals surface area contributed by atoms with Gasteiger partial charge >= 0.3 is 11.8 Å². The van der Waals surface area contributed by atoms with Crippen molar-refractivity contribution in [3.05, 3.63) is 29.8 Å². The molecule has 0 fully saturated rings. The van der Waals surface area contributed by atoms with E-state index < -0.39 is 11.8 Å². The predicted octanol–water partition coefficient (Wildman–Crippen LogP) is -0.893. The van der Waals surface area contributed by atoms with Gasteiger partial charge in [0.05, 0.1) is 6.61 Å². The number of carbonyl (C=O) groups excluding carboxylic acids is 2. The summed E-state index contributed by atoms with van der Waals surface area (Å²) in [6.07, 6.45) is 0. The van der Waals surface area contributed by atoms with E-state index in [1.807, 2.05) is 0 Å². The lowest BCUT2D eigenvalue weighted by molar-refractivity contribution is -0.136. The lowest BCUT2D eigenvalue weighted by Gasteiger charge is -2.04. The van der Waals surface area contributed by atoms with E-state index in [2.05, 4.69) is 5.32 Å². The zero-order valence-corrected chi connectivity index (χ0v) is 7.86. The van der Waals surface area contributed by atoms with E-state index in [4.69, 9.17) is 10.9 Å². The fraction of sp³-hybridized carbons (Fsp3) is 0.111. The third-order valence-electron chi connectivity index (χ3n) is 1.73. The molecule has 80 valence electrons. The summed E-state index contributed by atoms with van der Waals surface area (Å²) < 4.78 is 0. The number of amides is 2. The number of carbonyl (C=O) groups is 2. The molecular weight excluding hydrogens is 198 g/mol. The van der Waals surface area contributed by atoms with Crippen molar-refractivity contribution in [1.82, 2.24) is 5.43 Å². The topological polar surface area (TPSA) is 104 Å². The molecule has 0 aliphatic carbocycles. The van der Waals surface area contributed by atoms with Crippen LogP contribution >= 0.6 is 0 Å². The molecule has 0 radical (unpaired) electrons. The van der Waals surface area contributed by atoms with E-state index in [-0.39, 0.29) is 6.61 Å². The molecule has 0 atom stereocenters. The number of nitrogens with one attached hydrogen (secondary N) is 2. The Balaban J connectivity index is 2.65. The maximum atomic E-state index is 11.0. The molecule has 0 heterocycles. The summed E-state index contributed by atoms with van der Waals surface area (Å²) in [6.45, 7) is -0.0719. The van der Waals surface area contributed by atoms with Gasteiger partial charge in [0.15, 0.2) is 0 Å². The van der Waals surface area contributed by atoms with Crippen molar-refractivity contribution >= 4 is 17.5 Å². The lowest BCUT2D eigenvalue weighted by Crippen LogP contribution is -2.39. The Morgan fingerprint density at radius 1 is 1.20 bits per heavy atom. The fourth-order valence-electron chi connectivity index (χ4n) is 0.947. The normalized spacial score (nSPS) is 9.47. The number of benzene rings is 1. The summed E-state index contributed by atoms with van der Waals surface area (Å²) in [5, 5.41) is 11.1. The van der Waals surface area contributed by atoms with Crippen LogP contribution in [0.4, 0.5) is 5.69 Å². The molecule has 0 aliphatic rings. The molecular formula is C9H11N3O3. The molecule has 0 aromatic heterocycles. The highest BCUT2D eigenvalue weighted by molar-refractivity contribution is 6.39. The molecule has 6 heteroatoms. The van der Waals surface area contributed by atoms with Gasteiger partial charge in [-0.3, -0.25) is 15.0 Å². The maximum absolute atomic E-state index is 11.0. The Kier molecular flexibility index (Phi) is 3.78. The molecule has 6 nitrogen and oxygen atoms in total. The van der Waals surface area contributed by atoms with Crippen LogP contribution in [0.15, 0.2) is 24.3 Å². The first kappa shape index (κ1) is 11.2. The molecule has 1 aromatic carbocycles. The average Bonchev–Trinajstić information content (AvgIpc) is 2.29. The van der Waals surface area contributed by atoms with Gasteiger partial charge in [-0.15, -0.1) is 0 Å². The van der Waals surface area contributed by atoms with E-state index in [0.717, 1.165) is 5.56 Å². The van der Waals surface area contributed by atoms with Gasteiger partial charge in [0, 0.05) is 5.69 Å². The first-order valence-electron chi connectivity index (χ1n) is 4.19. The van der Waals surface area contributed by atoms with E-state index in [9.17, 15) is 9.59 Å². The number of aliphatic hydroxyl groups excluding tert-OH is 1. The zero-order valence-electron chi connectivity index (χ0n) is 7.86. The second-order valence-electron chi connectivity index (χ2n) is 2.78. The largest absolute Gasteiger partial charge is 0.392 e. The minimum Gasteiger partial charge on any atom is -0.392 e. The van der Waals surface area contributed by atoms with E-state index in [1.165, 1.54) is 0 Å². The molecule has 2 amide bonds. The minimum absolute atomic E-state index is 0.0719. The summed E-state index contributed by atoms with van der Waals surface area (Å²) in [7, 11) is 0. The highest BCUT2D eigenvalue weighted by Crippen LogP contribution is 2.08. The summed E-state index contributed by atoms with van der Waals surface area (Å²) in [5.41, 5.74) is 2.89. The Morgan fingerprint density at radius 3 is 2.27 bits per heavy atom. The van der Waals surface area contributed by atoms with E-state index in [0.29, 0.717) is 5.69 Å². The number of hydrogen-bond donors (Lipinski definition) is 4. The monoisotopic (exact) mass is 209 g/mol. The summed E-state index contributed by atoms with van der Waals surface area (Å²) in [5.74, 6) is 3.02. The molecule has 0 saturated carbocycles. The van der Waals surface area contributed by atoms with E-state index >= 15 is 0 Å². The van der Waals surface area contributed by atoms with Gasteiger partial charge in [-0.25, -0.2) is 5.84 Å². The van der Waals surface area contributed by atoms with Gasteiger partial charge in [-0.05, 0) is 17.7 Å². The number of hydrogen-bond acceptors (Lipinski definition) is 4. The molecule has 0 bridgehead atoms. The highest BCUT2D eigenvalue weighted by atomic mass is 16.3. The first-order chi connectivity index (χ1) is 7.17. The smallest absolute Gasteiger partial charge is 0.323 e. The zero-order chi connectivity index (χ0) is 11.3. The molecule has 0 aliphatic heterocycles. The van der Waals surface area contributed by atoms with Crippen LogP contribution in [0.2, 0.25) is 0 Å². The van der Waals surface area contributed by atoms with Crippen molar-refractivity contribution in [3.8, 4) is 0 Å². The molecule has 1 aromatic rings. The maximum Gasteiger partial charge on any atom is 0.323 e. The van der Waals surface area contributed by atoms with Crippen LogP contribution in [0.5, 0.6) is 0 Å². The number of anilines is 1. The van der Waals surface area contributed by atoms with Crippen molar-refractivity contribution in [1.29, 1.82) is 0 Å². The second-order valence-corrected chi connectivity index (χ2v) is 2.78. The van der Waals surface area contributed by atoms with Crippen LogP contribution < -0.4 is 16.6 Å². The van der Waals surface area contributed by atoms with Crippen molar-refractivity contribution in [2.45, 2.75) is 6.61 Å². The predicted molar refractivity (Wildman–Crippen MR) is 53.3 cm³/mol. The second kappa shape index (κ2) is 5.08. The first-order valence-corrected chi connectivity index (χ1v) is 4.19. The quantitative estimate of drug-likeness (QED) is 0.219. The van der Waals surface area contributed by atoms with Crippen molar-refractivity contribution in [3.63, 3.8) is 0 Å². The average molecular weight is 209 g/mol. The third kappa shape index (κ3) is 3.04. The molecule has 0 spiro atoms. The summed E-state index contributed by atoms with van der Waals surface area (Å²) in [4.78, 5) is 21.8. The number of hydrazine groups is 1. The Bertz CT molecular complexity index is 361. The SMILES string of the molecule is NNC(=O)C(=O)Nc1ccc(CO)cc1. The minimum atomic E-state index is -0.916. The van der Waals surface area contributed by atoms with Gasteiger partial charge in [-0.2, -0.15) is 0 Å². The molecule has 1 rings (SSSR count). The van der Waals surface area contributed by atoms with Crippen LogP contribution in [0.25, 0.3) is 0 Å². The van der Waals surface area contributed by atoms with Crippen LogP contribution in [0.3, 0.4) is 0 Å². The van der Waals surface area contributed by atoms with Gasteiger partial charge in [0.1, 0.15) is 0 Å². The van der Waals surface area contributed by atoms with Gasteiger partial charge < -0.3 is 10.4 Å². The number of aliphatic hydroxyl groups is 1. The van der Waals surface area contributed by atoms with Gasteiger partial charge in [0.25, 0.3) is 0 Å². The Hall–Kier alpha value is -1.92. The Labute approximate surface area is 86.1 Å². The molecule has 0 unspecified atom stereocenters. The van der Waals surface area contributed by atoms with Crippen LogP contribution in [0, 0.1) is 0 Å². The third-order valence-corrected chi connectivity index (χ3v) is 1.73. The lowest BCUT2D eigenvalue weighted by atomic mass is 10.2. The summed E-state index contributed by atoms with van der Waals surface area (Å²) in [6, 6.07) is 6.42. The fourth-order valence-corrected chi connectivity index (χ4v) is 0.947. The number of rotatable bonds is 2. The Morgan fingerprint density at radius 2 is 1.80 bits per heavy atom. The van der Waals surface area contributed by atoms with Crippen molar-refractivity contribution in [2.24, 2.45) is 5.84 Å². The van der Waals surface area contributed by atoms with Crippen molar-refractivity contribution in [2.75, 3.05) is 5.32 Å². The van der Waals surface area contributed by atoms with Crippen LogP contribution in [-0.4, -0.2) is 16.9 Å². The molecule has 15 heavy (non-hydrogen) atoms. The highest BCUT2D eigenvalue weighted by Gasteiger charge is 2.11. The molecule has 0 saturated heterocycles. The number of nitrogens with two attached hydrogens (primary N) is 1. The van der Waals surface area contributed by atoms with Crippen LogP contribution in [-0.2, 0) is 16.2 Å². The van der Waals surface area contributed by atoms with Gasteiger partial charge in [0.2, 0.25) is 0 Å². The molecule has 5 N–H and O–H groups in total. The summed E-state index contributed by atoms with van der Waals surface area (Å²) >= 11 is 0.